The van der Waals surface area contributed by atoms with E-state index in [1.165, 1.54) is 5.56 Å². The molecule has 1 heterocycles. The van der Waals surface area contributed by atoms with Gasteiger partial charge >= 0.3 is 0 Å². The second kappa shape index (κ2) is 11.2. The van der Waals surface area contributed by atoms with Crippen LogP contribution in [-0.4, -0.2) is 37.9 Å². The maximum Gasteiger partial charge on any atom is 0.258 e. The number of amides is 2. The highest BCUT2D eigenvalue weighted by Gasteiger charge is 2.29. The molecular formula is C30H34N4O2. The van der Waals surface area contributed by atoms with E-state index < -0.39 is 0 Å². The molecule has 0 atom stereocenters. The largest absolute Gasteiger partial charge is 0.358 e. The molecule has 1 aliphatic rings. The molecular weight excluding hydrogens is 448 g/mol. The van der Waals surface area contributed by atoms with E-state index in [2.05, 4.69) is 34.6 Å². The Morgan fingerprint density at radius 3 is 2.33 bits per heavy atom. The fourth-order valence-corrected chi connectivity index (χ4v) is 4.40. The third kappa shape index (κ3) is 5.66. The Bertz CT molecular complexity index is 1260. The Kier molecular flexibility index (Phi) is 7.86. The summed E-state index contributed by atoms with van der Waals surface area (Å²) >= 11 is 0. The molecule has 0 aliphatic carbocycles. The predicted octanol–water partition coefficient (Wildman–Crippen LogP) is 5.99. The summed E-state index contributed by atoms with van der Waals surface area (Å²) in [6.07, 6.45) is 2.69. The van der Waals surface area contributed by atoms with Gasteiger partial charge in [-0.1, -0.05) is 43.7 Å². The van der Waals surface area contributed by atoms with Crippen LogP contribution in [0, 0.1) is 0 Å². The highest BCUT2D eigenvalue weighted by molar-refractivity contribution is 6.32. The van der Waals surface area contributed by atoms with Crippen molar-refractivity contribution in [1.82, 2.24) is 4.90 Å². The number of unbranched alkanes of at least 4 members (excludes halogenated alkanes) is 1. The van der Waals surface area contributed by atoms with Crippen molar-refractivity contribution in [3.63, 3.8) is 0 Å². The van der Waals surface area contributed by atoms with Crippen molar-refractivity contribution >= 4 is 34.4 Å². The van der Waals surface area contributed by atoms with Gasteiger partial charge in [-0.3, -0.25) is 9.59 Å². The fourth-order valence-electron chi connectivity index (χ4n) is 4.40. The second-order valence-corrected chi connectivity index (χ2v) is 9.43. The summed E-state index contributed by atoms with van der Waals surface area (Å²) in [5, 5.41) is 6.50. The summed E-state index contributed by atoms with van der Waals surface area (Å²) in [7, 11) is 5.86. The topological polar surface area (TPSA) is 64.7 Å². The zero-order chi connectivity index (χ0) is 25.7. The molecule has 0 aromatic heterocycles. The Labute approximate surface area is 213 Å². The van der Waals surface area contributed by atoms with Crippen molar-refractivity contribution in [2.75, 3.05) is 36.7 Å². The summed E-state index contributed by atoms with van der Waals surface area (Å²) in [6.45, 7) is 3.01. The van der Waals surface area contributed by atoms with Crippen molar-refractivity contribution in [2.45, 2.75) is 32.7 Å². The van der Waals surface area contributed by atoms with Gasteiger partial charge in [0.2, 0.25) is 0 Å². The molecule has 6 nitrogen and oxygen atoms in total. The first-order valence-corrected chi connectivity index (χ1v) is 12.4. The summed E-state index contributed by atoms with van der Waals surface area (Å²) in [4.78, 5) is 30.1. The molecule has 186 valence electrons. The van der Waals surface area contributed by atoms with Crippen molar-refractivity contribution < 1.29 is 9.59 Å². The van der Waals surface area contributed by atoms with Crippen LogP contribution >= 0.6 is 0 Å². The van der Waals surface area contributed by atoms with Crippen molar-refractivity contribution in [3.05, 3.63) is 95.2 Å². The molecule has 1 aliphatic heterocycles. The number of fused-ring (bicyclic) bond motifs is 1. The molecule has 36 heavy (non-hydrogen) atoms. The van der Waals surface area contributed by atoms with Crippen LogP contribution in [0.15, 0.2) is 78.5 Å². The van der Waals surface area contributed by atoms with Gasteiger partial charge in [0, 0.05) is 47.5 Å². The zero-order valence-electron chi connectivity index (χ0n) is 21.5. The Morgan fingerprint density at radius 2 is 1.67 bits per heavy atom. The molecule has 0 saturated heterocycles. The van der Waals surface area contributed by atoms with Gasteiger partial charge in [-0.25, -0.2) is 0 Å². The van der Waals surface area contributed by atoms with Crippen LogP contribution in [0.25, 0.3) is 5.57 Å². The number of carbonyl (C=O) groups is 2. The number of para-hydroxylation sites is 1. The van der Waals surface area contributed by atoms with Crippen molar-refractivity contribution in [3.8, 4) is 0 Å². The van der Waals surface area contributed by atoms with E-state index >= 15 is 0 Å². The van der Waals surface area contributed by atoms with Crippen LogP contribution in [0.5, 0.6) is 0 Å². The number of rotatable bonds is 9. The maximum atomic E-state index is 13.3. The third-order valence-electron chi connectivity index (χ3n) is 6.29. The third-order valence-corrected chi connectivity index (χ3v) is 6.29. The van der Waals surface area contributed by atoms with Crippen LogP contribution in [0.2, 0.25) is 0 Å². The Balaban J connectivity index is 1.68. The minimum Gasteiger partial charge on any atom is -0.358 e. The van der Waals surface area contributed by atoms with Gasteiger partial charge < -0.3 is 20.4 Å². The van der Waals surface area contributed by atoms with Gasteiger partial charge in [-0.05, 0) is 75.0 Å². The molecule has 2 N–H and O–H groups in total. The first-order valence-electron chi connectivity index (χ1n) is 12.4. The first-order chi connectivity index (χ1) is 17.4. The lowest BCUT2D eigenvalue weighted by Gasteiger charge is -2.18. The van der Waals surface area contributed by atoms with E-state index in [4.69, 9.17) is 0 Å². The standard InChI is InChI=1S/C30H34N4O2/c1-5-6-12-27(31-23-16-13-21(14-17-23)20-33(2)3)28-25-19-22(15-18-26(25)32-29(28)35)30(36)34(4)24-10-8-7-9-11-24/h7-11,13-19,31H,5-6,12,20H2,1-4H3,(H,32,35)/b28-27-. The van der Waals surface area contributed by atoms with Crippen LogP contribution in [0.1, 0.15) is 47.7 Å². The predicted molar refractivity (Wildman–Crippen MR) is 148 cm³/mol. The highest BCUT2D eigenvalue weighted by atomic mass is 16.2. The summed E-state index contributed by atoms with van der Waals surface area (Å²) in [5.74, 6) is -0.268. The average Bonchev–Trinajstić information content (AvgIpc) is 3.21. The molecule has 0 bridgehead atoms. The molecule has 0 saturated carbocycles. The molecule has 0 unspecified atom stereocenters. The highest BCUT2D eigenvalue weighted by Crippen LogP contribution is 2.36. The number of hydrogen-bond acceptors (Lipinski definition) is 4. The van der Waals surface area contributed by atoms with Gasteiger partial charge in [-0.2, -0.15) is 0 Å². The van der Waals surface area contributed by atoms with E-state index in [-0.39, 0.29) is 11.8 Å². The van der Waals surface area contributed by atoms with Gasteiger partial charge in [0.05, 0.1) is 5.57 Å². The molecule has 0 spiro atoms. The van der Waals surface area contributed by atoms with Crippen molar-refractivity contribution in [2.24, 2.45) is 0 Å². The van der Waals surface area contributed by atoms with Gasteiger partial charge in [-0.15, -0.1) is 0 Å². The molecule has 2 amide bonds. The number of nitrogens with zero attached hydrogens (tertiary/aromatic N) is 2. The smallest absolute Gasteiger partial charge is 0.258 e. The van der Waals surface area contributed by atoms with Crippen LogP contribution in [-0.2, 0) is 11.3 Å². The lowest BCUT2D eigenvalue weighted by atomic mass is 9.99. The zero-order valence-corrected chi connectivity index (χ0v) is 21.5. The van der Waals surface area contributed by atoms with Crippen molar-refractivity contribution in [1.29, 1.82) is 0 Å². The molecule has 0 fully saturated rings. The second-order valence-electron chi connectivity index (χ2n) is 9.43. The summed E-state index contributed by atoms with van der Waals surface area (Å²) in [5.41, 5.74) is 6.48. The summed E-state index contributed by atoms with van der Waals surface area (Å²) in [6, 6.07) is 23.3. The molecule has 0 radical (unpaired) electrons. The first kappa shape index (κ1) is 25.2. The number of allylic oxidation sites excluding steroid dienone is 1. The number of anilines is 3. The minimum atomic E-state index is -0.145. The molecule has 4 rings (SSSR count). The Hall–Kier alpha value is -3.90. The van der Waals surface area contributed by atoms with Crippen LogP contribution in [0.4, 0.5) is 17.1 Å². The molecule has 3 aromatic carbocycles. The number of hydrogen-bond donors (Lipinski definition) is 2. The number of nitrogens with one attached hydrogen (secondary N) is 2. The van der Waals surface area contributed by atoms with Crippen LogP contribution < -0.4 is 15.5 Å². The van der Waals surface area contributed by atoms with Crippen LogP contribution in [0.3, 0.4) is 0 Å². The van der Waals surface area contributed by atoms with E-state index in [0.29, 0.717) is 11.1 Å². The van der Waals surface area contributed by atoms with Gasteiger partial charge in [0.1, 0.15) is 0 Å². The van der Waals surface area contributed by atoms with Gasteiger partial charge in [0.25, 0.3) is 11.8 Å². The van der Waals surface area contributed by atoms with E-state index in [0.717, 1.165) is 54.1 Å². The SMILES string of the molecule is CCCC/C(Nc1ccc(CN(C)C)cc1)=C1/C(=O)Nc2ccc(C(=O)N(C)c3ccccc3)cc21. The lowest BCUT2D eigenvalue weighted by Crippen LogP contribution is -2.26. The maximum absolute atomic E-state index is 13.3. The number of benzene rings is 3. The minimum absolute atomic E-state index is 0.123. The van der Waals surface area contributed by atoms with E-state index in [1.54, 1.807) is 18.0 Å². The molecule has 3 aromatic rings. The normalized spacial score (nSPS) is 13.9. The molecule has 6 heteroatoms. The Morgan fingerprint density at radius 1 is 0.944 bits per heavy atom. The number of carbonyl (C=O) groups excluding carboxylic acids is 2. The fraction of sp³-hybridized carbons (Fsp3) is 0.267. The lowest BCUT2D eigenvalue weighted by molar-refractivity contribution is -0.110. The monoisotopic (exact) mass is 482 g/mol. The summed E-state index contributed by atoms with van der Waals surface area (Å²) < 4.78 is 0. The van der Waals surface area contributed by atoms with E-state index in [9.17, 15) is 9.59 Å². The average molecular weight is 483 g/mol. The van der Waals surface area contributed by atoms with E-state index in [1.807, 2.05) is 68.7 Å². The van der Waals surface area contributed by atoms with Gasteiger partial charge in [0.15, 0.2) is 0 Å². The quantitative estimate of drug-likeness (QED) is 0.368.